The van der Waals surface area contributed by atoms with Crippen molar-refractivity contribution in [3.05, 3.63) is 34.3 Å². The van der Waals surface area contributed by atoms with Crippen LogP contribution in [0.25, 0.3) is 11.3 Å². The van der Waals surface area contributed by atoms with Gasteiger partial charge in [0.2, 0.25) is 0 Å². The van der Waals surface area contributed by atoms with Gasteiger partial charge in [-0.25, -0.2) is 0 Å². The molecule has 3 N–H and O–H groups in total. The lowest BCUT2D eigenvalue weighted by Gasteiger charge is -2.04. The number of nitrogens with one attached hydrogen (secondary N) is 1. The summed E-state index contributed by atoms with van der Waals surface area (Å²) < 4.78 is 1.04. The van der Waals surface area contributed by atoms with Gasteiger partial charge < -0.3 is 5.73 Å². The number of rotatable bonds is 1. The first-order valence-electron chi connectivity index (χ1n) is 4.25. The van der Waals surface area contributed by atoms with E-state index in [1.807, 2.05) is 18.2 Å². The number of aromatic nitrogens is 2. The molecule has 3 nitrogen and oxygen atoms in total. The molecular formula is C10H10BrN3. The monoisotopic (exact) mass is 251 g/mol. The molecule has 72 valence electrons. The minimum absolute atomic E-state index is 0.509. The highest BCUT2D eigenvalue weighted by Gasteiger charge is 2.08. The zero-order valence-electron chi connectivity index (χ0n) is 7.71. The van der Waals surface area contributed by atoms with E-state index in [2.05, 4.69) is 39.1 Å². The van der Waals surface area contributed by atoms with Crippen molar-refractivity contribution in [2.75, 3.05) is 5.73 Å². The number of hydrogen-bond acceptors (Lipinski definition) is 2. The summed E-state index contributed by atoms with van der Waals surface area (Å²) in [5.74, 6) is 0.509. The number of hydrogen-bond donors (Lipinski definition) is 2. The maximum atomic E-state index is 5.56. The molecule has 0 spiro atoms. The van der Waals surface area contributed by atoms with E-state index in [-0.39, 0.29) is 0 Å². The molecule has 0 atom stereocenters. The Hall–Kier alpha value is -1.29. The van der Waals surface area contributed by atoms with Crippen molar-refractivity contribution < 1.29 is 0 Å². The van der Waals surface area contributed by atoms with Crippen molar-refractivity contribution in [1.29, 1.82) is 0 Å². The van der Waals surface area contributed by atoms with Gasteiger partial charge in [-0.05, 0) is 18.6 Å². The Bertz CT molecular complexity index is 442. The molecular weight excluding hydrogens is 242 g/mol. The Morgan fingerprint density at radius 1 is 1.43 bits per heavy atom. The molecule has 4 heteroatoms. The highest BCUT2D eigenvalue weighted by Crippen LogP contribution is 2.30. The van der Waals surface area contributed by atoms with Crippen LogP contribution < -0.4 is 5.73 Å². The molecule has 0 saturated carbocycles. The molecule has 0 aliphatic rings. The highest BCUT2D eigenvalue weighted by atomic mass is 79.9. The maximum absolute atomic E-state index is 5.56. The van der Waals surface area contributed by atoms with Crippen molar-refractivity contribution in [2.24, 2.45) is 0 Å². The van der Waals surface area contributed by atoms with Crippen LogP contribution in [0.15, 0.2) is 28.7 Å². The molecule has 1 aromatic heterocycles. The van der Waals surface area contributed by atoms with Gasteiger partial charge in [0.25, 0.3) is 0 Å². The molecule has 1 heterocycles. The normalized spacial score (nSPS) is 10.4. The van der Waals surface area contributed by atoms with Crippen molar-refractivity contribution in [1.82, 2.24) is 10.2 Å². The van der Waals surface area contributed by atoms with Crippen LogP contribution in [0.5, 0.6) is 0 Å². The molecule has 2 rings (SSSR count). The van der Waals surface area contributed by atoms with Crippen LogP contribution in [0.4, 0.5) is 5.82 Å². The first-order chi connectivity index (χ1) is 6.68. The average Bonchev–Trinajstić information content (AvgIpc) is 2.51. The lowest BCUT2D eigenvalue weighted by atomic mass is 10.1. The minimum atomic E-state index is 0.509. The number of H-pyrrole nitrogens is 1. The van der Waals surface area contributed by atoms with Crippen molar-refractivity contribution in [3.8, 4) is 11.3 Å². The van der Waals surface area contributed by atoms with Crippen LogP contribution in [0.3, 0.4) is 0 Å². The lowest BCUT2D eigenvalue weighted by molar-refractivity contribution is 1.10. The number of aromatic amines is 1. The van der Waals surface area contributed by atoms with E-state index in [1.54, 1.807) is 0 Å². The lowest BCUT2D eigenvalue weighted by Crippen LogP contribution is -1.84. The van der Waals surface area contributed by atoms with Crippen molar-refractivity contribution in [3.63, 3.8) is 0 Å². The van der Waals surface area contributed by atoms with Crippen molar-refractivity contribution in [2.45, 2.75) is 6.92 Å². The van der Waals surface area contributed by atoms with Gasteiger partial charge in [0.15, 0.2) is 0 Å². The van der Waals surface area contributed by atoms with Gasteiger partial charge in [0.1, 0.15) is 5.82 Å². The van der Waals surface area contributed by atoms with E-state index in [0.717, 1.165) is 15.7 Å². The van der Waals surface area contributed by atoms with Crippen LogP contribution >= 0.6 is 15.9 Å². The largest absolute Gasteiger partial charge is 0.382 e. The number of anilines is 1. The molecule has 2 aromatic rings. The van der Waals surface area contributed by atoms with E-state index in [4.69, 9.17) is 5.73 Å². The molecule has 0 radical (unpaired) electrons. The Kier molecular flexibility index (Phi) is 2.29. The van der Waals surface area contributed by atoms with E-state index >= 15 is 0 Å². The SMILES string of the molecule is Cc1cccc(Br)c1-c1cc(N)n[nH]1. The summed E-state index contributed by atoms with van der Waals surface area (Å²) >= 11 is 3.50. The Balaban J connectivity index is 2.61. The zero-order valence-corrected chi connectivity index (χ0v) is 9.30. The second-order valence-corrected chi connectivity index (χ2v) is 3.99. The first kappa shape index (κ1) is 9.27. The minimum Gasteiger partial charge on any atom is -0.382 e. The second-order valence-electron chi connectivity index (χ2n) is 3.14. The highest BCUT2D eigenvalue weighted by molar-refractivity contribution is 9.10. The van der Waals surface area contributed by atoms with Crippen molar-refractivity contribution >= 4 is 21.7 Å². The predicted octanol–water partition coefficient (Wildman–Crippen LogP) is 2.73. The quantitative estimate of drug-likeness (QED) is 0.819. The maximum Gasteiger partial charge on any atom is 0.145 e. The van der Waals surface area contributed by atoms with Crippen LogP contribution in [-0.2, 0) is 0 Å². The molecule has 0 unspecified atom stereocenters. The van der Waals surface area contributed by atoms with E-state index in [1.165, 1.54) is 5.56 Å². The molecule has 0 aliphatic heterocycles. The average molecular weight is 252 g/mol. The summed E-state index contributed by atoms with van der Waals surface area (Å²) in [4.78, 5) is 0. The zero-order chi connectivity index (χ0) is 10.1. The van der Waals surface area contributed by atoms with Gasteiger partial charge in [0, 0.05) is 16.1 Å². The summed E-state index contributed by atoms with van der Waals surface area (Å²) in [6.45, 7) is 2.05. The Morgan fingerprint density at radius 3 is 2.79 bits per heavy atom. The number of benzene rings is 1. The first-order valence-corrected chi connectivity index (χ1v) is 5.04. The fourth-order valence-electron chi connectivity index (χ4n) is 1.44. The van der Waals surface area contributed by atoms with Gasteiger partial charge in [-0.15, -0.1) is 0 Å². The molecule has 0 fully saturated rings. The number of nitrogen functional groups attached to an aromatic ring is 1. The summed E-state index contributed by atoms with van der Waals surface area (Å²) in [5.41, 5.74) is 8.79. The van der Waals surface area contributed by atoms with Crippen LogP contribution in [0.1, 0.15) is 5.56 Å². The van der Waals surface area contributed by atoms with E-state index < -0.39 is 0 Å². The van der Waals surface area contributed by atoms with Crippen LogP contribution in [0, 0.1) is 6.92 Å². The Morgan fingerprint density at radius 2 is 2.21 bits per heavy atom. The van der Waals surface area contributed by atoms with Gasteiger partial charge in [0.05, 0.1) is 5.69 Å². The topological polar surface area (TPSA) is 54.7 Å². The molecule has 14 heavy (non-hydrogen) atoms. The molecule has 0 saturated heterocycles. The standard InChI is InChI=1S/C10H10BrN3/c1-6-3-2-4-7(11)10(6)8-5-9(12)14-13-8/h2-5H,1H3,(H3,12,13,14). The summed E-state index contributed by atoms with van der Waals surface area (Å²) in [6.07, 6.45) is 0. The van der Waals surface area contributed by atoms with Gasteiger partial charge >= 0.3 is 0 Å². The Labute approximate surface area is 90.5 Å². The van der Waals surface area contributed by atoms with Gasteiger partial charge in [-0.1, -0.05) is 28.1 Å². The third-order valence-corrected chi connectivity index (χ3v) is 2.75. The third-order valence-electron chi connectivity index (χ3n) is 2.09. The fraction of sp³-hybridized carbons (Fsp3) is 0.100. The molecule has 0 aliphatic carbocycles. The molecule has 0 bridgehead atoms. The molecule has 1 aromatic carbocycles. The van der Waals surface area contributed by atoms with Crippen LogP contribution in [-0.4, -0.2) is 10.2 Å². The third kappa shape index (κ3) is 1.53. The number of nitrogens with two attached hydrogens (primary N) is 1. The van der Waals surface area contributed by atoms with Gasteiger partial charge in [-0.3, -0.25) is 5.10 Å². The smallest absolute Gasteiger partial charge is 0.145 e. The van der Waals surface area contributed by atoms with Gasteiger partial charge in [-0.2, -0.15) is 5.10 Å². The number of nitrogens with zero attached hydrogens (tertiary/aromatic N) is 1. The predicted molar refractivity (Wildman–Crippen MR) is 60.9 cm³/mol. The number of halogens is 1. The molecule has 0 amide bonds. The van der Waals surface area contributed by atoms with Crippen LogP contribution in [0.2, 0.25) is 0 Å². The second kappa shape index (κ2) is 3.46. The summed E-state index contributed by atoms with van der Waals surface area (Å²) in [6, 6.07) is 7.88. The van der Waals surface area contributed by atoms with E-state index in [0.29, 0.717) is 5.82 Å². The fourth-order valence-corrected chi connectivity index (χ4v) is 2.12. The van der Waals surface area contributed by atoms with E-state index in [9.17, 15) is 0 Å². The summed E-state index contributed by atoms with van der Waals surface area (Å²) in [7, 11) is 0. The number of aryl methyl sites for hydroxylation is 1. The summed E-state index contributed by atoms with van der Waals surface area (Å²) in [5, 5.41) is 6.81.